The quantitative estimate of drug-likeness (QED) is 0.856. The maximum Gasteiger partial charge on any atom is 0.318 e. The molecule has 17 heavy (non-hydrogen) atoms. The molecular weight excluding hydrogens is 249 g/mol. The fourth-order valence-electron chi connectivity index (χ4n) is 1.23. The molecule has 1 rings (SSSR count). The molecule has 0 unspecified atom stereocenters. The van der Waals surface area contributed by atoms with E-state index in [1.165, 1.54) is 6.07 Å². The van der Waals surface area contributed by atoms with Crippen molar-refractivity contribution in [3.8, 4) is 6.07 Å². The molecule has 0 radical (unpaired) electrons. The Bertz CT molecular complexity index is 589. The molecule has 0 aliphatic carbocycles. The van der Waals surface area contributed by atoms with Gasteiger partial charge >= 0.3 is 5.97 Å². The van der Waals surface area contributed by atoms with Gasteiger partial charge in [0.05, 0.1) is 17.4 Å². The monoisotopic (exact) mass is 257 g/mol. The third kappa shape index (κ3) is 3.85. The van der Waals surface area contributed by atoms with Gasteiger partial charge in [0.1, 0.15) is 11.6 Å². The largest absolute Gasteiger partial charge is 0.480 e. The summed E-state index contributed by atoms with van der Waals surface area (Å²) in [6, 6.07) is 5.02. The summed E-state index contributed by atoms with van der Waals surface area (Å²) in [5.74, 6) is -4.08. The highest BCUT2D eigenvalue weighted by molar-refractivity contribution is 7.91. The predicted octanol–water partition coefficient (Wildman–Crippen LogP) is 0.697. The Kier molecular flexibility index (Phi) is 3.81. The SMILES string of the molecule is N#Cc1ccc(F)c(CS(=O)(=O)CC(=O)O)c1. The lowest BCUT2D eigenvalue weighted by Crippen LogP contribution is -2.17. The zero-order valence-corrected chi connectivity index (χ0v) is 9.37. The fraction of sp³-hybridized carbons (Fsp3) is 0.200. The van der Waals surface area contributed by atoms with Crippen molar-refractivity contribution < 1.29 is 22.7 Å². The maximum absolute atomic E-state index is 13.3. The van der Waals surface area contributed by atoms with Crippen LogP contribution < -0.4 is 0 Å². The highest BCUT2D eigenvalue weighted by Crippen LogP contribution is 2.14. The minimum Gasteiger partial charge on any atom is -0.480 e. The molecule has 1 N–H and O–H groups in total. The molecular formula is C10H8FNO4S. The van der Waals surface area contributed by atoms with Crippen LogP contribution in [-0.2, 0) is 20.4 Å². The summed E-state index contributed by atoms with van der Waals surface area (Å²) in [7, 11) is -3.93. The lowest BCUT2D eigenvalue weighted by atomic mass is 10.1. The molecule has 0 aliphatic heterocycles. The summed E-state index contributed by atoms with van der Waals surface area (Å²) < 4.78 is 35.9. The molecule has 0 saturated heterocycles. The Morgan fingerprint density at radius 1 is 1.47 bits per heavy atom. The first-order valence-corrected chi connectivity index (χ1v) is 6.27. The second-order valence-electron chi connectivity index (χ2n) is 3.34. The zero-order chi connectivity index (χ0) is 13.1. The average molecular weight is 257 g/mol. The van der Waals surface area contributed by atoms with Crippen molar-refractivity contribution >= 4 is 15.8 Å². The third-order valence-corrected chi connectivity index (χ3v) is 3.33. The maximum atomic E-state index is 13.3. The number of sulfone groups is 1. The smallest absolute Gasteiger partial charge is 0.318 e. The molecule has 1 aromatic rings. The molecule has 7 heteroatoms. The van der Waals surface area contributed by atoms with Crippen molar-refractivity contribution in [3.63, 3.8) is 0 Å². The van der Waals surface area contributed by atoms with Crippen molar-refractivity contribution in [1.29, 1.82) is 5.26 Å². The van der Waals surface area contributed by atoms with E-state index in [0.29, 0.717) is 0 Å². The Morgan fingerprint density at radius 2 is 2.12 bits per heavy atom. The number of halogens is 1. The number of nitrogens with zero attached hydrogens (tertiary/aromatic N) is 1. The minimum atomic E-state index is -3.93. The molecule has 0 heterocycles. The van der Waals surface area contributed by atoms with Crippen LogP contribution >= 0.6 is 0 Å². The van der Waals surface area contributed by atoms with Crippen LogP contribution in [0.2, 0.25) is 0 Å². The molecule has 0 bridgehead atoms. The van der Waals surface area contributed by atoms with Gasteiger partial charge in [-0.3, -0.25) is 4.79 Å². The summed E-state index contributed by atoms with van der Waals surface area (Å²) in [4.78, 5) is 10.3. The van der Waals surface area contributed by atoms with Crippen LogP contribution in [0.4, 0.5) is 4.39 Å². The summed E-state index contributed by atoms with van der Waals surface area (Å²) in [5, 5.41) is 17.0. The number of hydrogen-bond acceptors (Lipinski definition) is 4. The summed E-state index contributed by atoms with van der Waals surface area (Å²) in [5.41, 5.74) is -0.0859. The number of aliphatic carboxylic acids is 1. The van der Waals surface area contributed by atoms with E-state index in [1.54, 1.807) is 6.07 Å². The lowest BCUT2D eigenvalue weighted by Gasteiger charge is -2.03. The van der Waals surface area contributed by atoms with Gasteiger partial charge in [-0.05, 0) is 18.2 Å². The Morgan fingerprint density at radius 3 is 2.65 bits per heavy atom. The molecule has 1 aromatic carbocycles. The topological polar surface area (TPSA) is 95.2 Å². The van der Waals surface area contributed by atoms with E-state index in [0.717, 1.165) is 12.1 Å². The van der Waals surface area contributed by atoms with Gasteiger partial charge in [-0.1, -0.05) is 0 Å². The second-order valence-corrected chi connectivity index (χ2v) is 5.41. The second kappa shape index (κ2) is 4.93. The van der Waals surface area contributed by atoms with E-state index in [1.807, 2.05) is 0 Å². The Labute approximate surface area is 97.0 Å². The van der Waals surface area contributed by atoms with Crippen LogP contribution in [0.1, 0.15) is 11.1 Å². The van der Waals surface area contributed by atoms with E-state index in [4.69, 9.17) is 10.4 Å². The van der Waals surface area contributed by atoms with Crippen LogP contribution in [-0.4, -0.2) is 25.2 Å². The van der Waals surface area contributed by atoms with Crippen molar-refractivity contribution in [3.05, 3.63) is 35.1 Å². The van der Waals surface area contributed by atoms with Gasteiger partial charge < -0.3 is 5.11 Å². The molecule has 0 saturated carbocycles. The van der Waals surface area contributed by atoms with E-state index < -0.39 is 33.1 Å². The Balaban J connectivity index is 3.03. The lowest BCUT2D eigenvalue weighted by molar-refractivity contribution is -0.134. The van der Waals surface area contributed by atoms with Gasteiger partial charge in [-0.25, -0.2) is 12.8 Å². The van der Waals surface area contributed by atoms with E-state index >= 15 is 0 Å². The number of benzene rings is 1. The summed E-state index contributed by atoms with van der Waals surface area (Å²) in [6.07, 6.45) is 0. The van der Waals surface area contributed by atoms with Gasteiger partial charge in [0.2, 0.25) is 0 Å². The first kappa shape index (κ1) is 13.1. The standard InChI is InChI=1S/C10H8FNO4S/c11-9-2-1-7(4-12)3-8(9)5-17(15,16)6-10(13)14/h1-3H,5-6H2,(H,13,14). The summed E-state index contributed by atoms with van der Waals surface area (Å²) in [6.45, 7) is 0. The van der Waals surface area contributed by atoms with Crippen LogP contribution in [0.3, 0.4) is 0 Å². The number of nitriles is 1. The van der Waals surface area contributed by atoms with Crippen molar-refractivity contribution in [2.75, 3.05) is 5.75 Å². The summed E-state index contributed by atoms with van der Waals surface area (Å²) >= 11 is 0. The molecule has 5 nitrogen and oxygen atoms in total. The average Bonchev–Trinajstić information content (AvgIpc) is 2.19. The van der Waals surface area contributed by atoms with Crippen molar-refractivity contribution in [2.24, 2.45) is 0 Å². The zero-order valence-electron chi connectivity index (χ0n) is 8.55. The normalized spacial score (nSPS) is 10.8. The van der Waals surface area contributed by atoms with Crippen molar-refractivity contribution in [2.45, 2.75) is 5.75 Å². The third-order valence-electron chi connectivity index (χ3n) is 1.89. The molecule has 0 amide bonds. The molecule has 0 atom stereocenters. The van der Waals surface area contributed by atoms with Crippen LogP contribution in [0.25, 0.3) is 0 Å². The molecule has 0 aromatic heterocycles. The molecule has 0 aliphatic rings. The number of rotatable bonds is 4. The van der Waals surface area contributed by atoms with E-state index in [-0.39, 0.29) is 11.1 Å². The van der Waals surface area contributed by atoms with Gasteiger partial charge in [0.25, 0.3) is 0 Å². The highest BCUT2D eigenvalue weighted by Gasteiger charge is 2.19. The first-order valence-electron chi connectivity index (χ1n) is 4.45. The van der Waals surface area contributed by atoms with Crippen LogP contribution in [0, 0.1) is 17.1 Å². The van der Waals surface area contributed by atoms with E-state index in [2.05, 4.69) is 0 Å². The molecule has 0 fully saturated rings. The van der Waals surface area contributed by atoms with Gasteiger partial charge in [-0.15, -0.1) is 0 Å². The predicted molar refractivity (Wildman–Crippen MR) is 56.2 cm³/mol. The van der Waals surface area contributed by atoms with Gasteiger partial charge in [0, 0.05) is 5.56 Å². The number of carbonyl (C=O) groups is 1. The van der Waals surface area contributed by atoms with Gasteiger partial charge in [-0.2, -0.15) is 5.26 Å². The minimum absolute atomic E-state index is 0.118. The van der Waals surface area contributed by atoms with Gasteiger partial charge in [0.15, 0.2) is 9.84 Å². The molecule has 0 spiro atoms. The van der Waals surface area contributed by atoms with E-state index in [9.17, 15) is 17.6 Å². The molecule has 90 valence electrons. The number of carboxylic acids is 1. The van der Waals surface area contributed by atoms with Crippen LogP contribution in [0.15, 0.2) is 18.2 Å². The number of carboxylic acid groups (broad SMARTS) is 1. The van der Waals surface area contributed by atoms with Crippen LogP contribution in [0.5, 0.6) is 0 Å². The fourth-order valence-corrected chi connectivity index (χ4v) is 2.40. The Hall–Kier alpha value is -1.94. The number of hydrogen-bond donors (Lipinski definition) is 1. The van der Waals surface area contributed by atoms with Crippen molar-refractivity contribution in [1.82, 2.24) is 0 Å². The first-order chi connectivity index (χ1) is 7.84. The highest BCUT2D eigenvalue weighted by atomic mass is 32.2.